The molecule has 6 heteroatoms. The molecule has 7 rings (SSSR count). The molecule has 1 aliphatic rings. The average molecular weight is 651 g/mol. The quantitative estimate of drug-likeness (QED) is 0.134. The van der Waals surface area contributed by atoms with Crippen LogP contribution in [0.4, 0.5) is 0 Å². The normalized spacial score (nSPS) is 15.1. The fourth-order valence-corrected chi connectivity index (χ4v) is 5.88. The van der Waals surface area contributed by atoms with E-state index < -0.39 is 6.10 Å². The predicted molar refractivity (Wildman–Crippen MR) is 189 cm³/mol. The van der Waals surface area contributed by atoms with Crippen molar-refractivity contribution < 1.29 is 28.8 Å². The molecular formula is C43H38O6. The Hall–Kier alpha value is -5.72. The number of ether oxygens (including phenoxy) is 5. The molecule has 6 nitrogen and oxygen atoms in total. The largest absolute Gasteiger partial charge is 0.504 e. The van der Waals surface area contributed by atoms with Gasteiger partial charge in [-0.1, -0.05) is 127 Å². The van der Waals surface area contributed by atoms with Crippen molar-refractivity contribution in [2.45, 2.75) is 45.1 Å². The van der Waals surface area contributed by atoms with Gasteiger partial charge in [-0.2, -0.15) is 0 Å². The van der Waals surface area contributed by atoms with Crippen LogP contribution in [0.3, 0.4) is 0 Å². The first-order valence-electron chi connectivity index (χ1n) is 16.5. The Morgan fingerprint density at radius 3 is 1.61 bits per heavy atom. The molecule has 0 saturated heterocycles. The molecule has 246 valence electrons. The van der Waals surface area contributed by atoms with E-state index in [1.54, 1.807) is 6.07 Å². The van der Waals surface area contributed by atoms with Gasteiger partial charge in [0.2, 0.25) is 0 Å². The van der Waals surface area contributed by atoms with Gasteiger partial charge in [-0.15, -0.1) is 0 Å². The summed E-state index contributed by atoms with van der Waals surface area (Å²) in [4.78, 5) is 0. The molecule has 6 aromatic rings. The molecule has 1 heterocycles. The highest BCUT2D eigenvalue weighted by Crippen LogP contribution is 2.45. The lowest BCUT2D eigenvalue weighted by atomic mass is 9.93. The number of phenols is 1. The van der Waals surface area contributed by atoms with Gasteiger partial charge in [0.1, 0.15) is 43.2 Å². The minimum atomic E-state index is -0.498. The van der Waals surface area contributed by atoms with Crippen molar-refractivity contribution >= 4 is 0 Å². The van der Waals surface area contributed by atoms with Crippen molar-refractivity contribution in [3.8, 4) is 28.7 Å². The summed E-state index contributed by atoms with van der Waals surface area (Å²) < 4.78 is 32.3. The third-order valence-corrected chi connectivity index (χ3v) is 8.48. The number of hydrogen-bond donors (Lipinski definition) is 1. The van der Waals surface area contributed by atoms with E-state index in [1.807, 2.05) is 146 Å². The number of phenolic OH excluding ortho intramolecular Hbond substituents is 1. The maximum atomic E-state index is 10.7. The number of hydrogen-bond acceptors (Lipinski definition) is 6. The molecule has 1 aliphatic heterocycles. The van der Waals surface area contributed by atoms with Gasteiger partial charge in [-0.25, -0.2) is 0 Å². The van der Waals surface area contributed by atoms with Crippen LogP contribution in [0.1, 0.15) is 39.5 Å². The zero-order valence-electron chi connectivity index (χ0n) is 27.1. The maximum Gasteiger partial charge on any atom is 0.161 e. The summed E-state index contributed by atoms with van der Waals surface area (Å²) in [6, 6.07) is 49.4. The topological polar surface area (TPSA) is 66.4 Å². The van der Waals surface area contributed by atoms with Gasteiger partial charge in [-0.05, 0) is 39.9 Å². The fourth-order valence-electron chi connectivity index (χ4n) is 5.88. The Balaban J connectivity index is 1.21. The molecule has 49 heavy (non-hydrogen) atoms. The summed E-state index contributed by atoms with van der Waals surface area (Å²) in [5.74, 6) is 2.44. The van der Waals surface area contributed by atoms with Crippen molar-refractivity contribution in [3.63, 3.8) is 0 Å². The van der Waals surface area contributed by atoms with E-state index in [9.17, 15) is 5.11 Å². The summed E-state index contributed by atoms with van der Waals surface area (Å²) in [6.07, 6.45) is -0.326. The van der Waals surface area contributed by atoms with Crippen LogP contribution in [0.5, 0.6) is 28.7 Å². The Kier molecular flexibility index (Phi) is 10.0. The van der Waals surface area contributed by atoms with Crippen molar-refractivity contribution in [2.24, 2.45) is 0 Å². The van der Waals surface area contributed by atoms with Crippen molar-refractivity contribution in [2.75, 3.05) is 0 Å². The van der Waals surface area contributed by atoms with Crippen molar-refractivity contribution in [1.29, 1.82) is 0 Å². The van der Waals surface area contributed by atoms with Crippen LogP contribution in [-0.4, -0.2) is 11.2 Å². The minimum absolute atomic E-state index is 0.0610. The van der Waals surface area contributed by atoms with Crippen molar-refractivity contribution in [1.82, 2.24) is 0 Å². The van der Waals surface area contributed by atoms with Crippen LogP contribution < -0.4 is 18.9 Å². The van der Waals surface area contributed by atoms with E-state index in [4.69, 9.17) is 23.7 Å². The van der Waals surface area contributed by atoms with E-state index >= 15 is 0 Å². The number of fused-ring (bicyclic) bond motifs is 1. The molecule has 6 aromatic carbocycles. The van der Waals surface area contributed by atoms with Crippen LogP contribution in [0.25, 0.3) is 0 Å². The van der Waals surface area contributed by atoms with Gasteiger partial charge in [-0.3, -0.25) is 0 Å². The number of aromatic hydroxyl groups is 1. The predicted octanol–water partition coefficient (Wildman–Crippen LogP) is 9.39. The molecule has 0 fully saturated rings. The van der Waals surface area contributed by atoms with Crippen LogP contribution in [0, 0.1) is 0 Å². The highest BCUT2D eigenvalue weighted by molar-refractivity contribution is 5.53. The molecule has 1 N–H and O–H groups in total. The lowest BCUT2D eigenvalue weighted by Gasteiger charge is -2.35. The second-order valence-electron chi connectivity index (χ2n) is 12.0. The molecule has 0 spiro atoms. The Labute approximate surface area is 287 Å². The summed E-state index contributed by atoms with van der Waals surface area (Å²) >= 11 is 0. The second-order valence-corrected chi connectivity index (χ2v) is 12.0. The maximum absolute atomic E-state index is 10.7. The smallest absolute Gasteiger partial charge is 0.161 e. The molecule has 0 saturated carbocycles. The van der Waals surface area contributed by atoms with E-state index in [0.29, 0.717) is 55.8 Å². The van der Waals surface area contributed by atoms with Crippen molar-refractivity contribution in [3.05, 3.63) is 185 Å². The van der Waals surface area contributed by atoms with Crippen LogP contribution in [0.15, 0.2) is 152 Å². The van der Waals surface area contributed by atoms with Gasteiger partial charge in [0.05, 0.1) is 6.61 Å². The third kappa shape index (κ3) is 8.23. The third-order valence-electron chi connectivity index (χ3n) is 8.48. The van der Waals surface area contributed by atoms with E-state index in [0.717, 1.165) is 33.4 Å². The molecule has 2 unspecified atom stereocenters. The Morgan fingerprint density at radius 1 is 0.531 bits per heavy atom. The summed E-state index contributed by atoms with van der Waals surface area (Å²) in [7, 11) is 0. The minimum Gasteiger partial charge on any atom is -0.504 e. The highest BCUT2D eigenvalue weighted by atomic mass is 16.5. The number of benzene rings is 6. The molecule has 2 atom stereocenters. The average Bonchev–Trinajstić information content (AvgIpc) is 3.16. The first-order valence-corrected chi connectivity index (χ1v) is 16.5. The first-order chi connectivity index (χ1) is 24.2. The van der Waals surface area contributed by atoms with Crippen LogP contribution in [0.2, 0.25) is 0 Å². The molecule has 0 aromatic heterocycles. The lowest BCUT2D eigenvalue weighted by molar-refractivity contribution is -0.0468. The molecule has 0 aliphatic carbocycles. The monoisotopic (exact) mass is 650 g/mol. The molecular weight excluding hydrogens is 612 g/mol. The molecule has 0 radical (unpaired) electrons. The fraction of sp³-hybridized carbons (Fsp3) is 0.163. The van der Waals surface area contributed by atoms with E-state index in [-0.39, 0.29) is 11.9 Å². The summed E-state index contributed by atoms with van der Waals surface area (Å²) in [6.45, 7) is 1.54. The van der Waals surface area contributed by atoms with Gasteiger partial charge in [0, 0.05) is 24.1 Å². The zero-order chi connectivity index (χ0) is 33.3. The van der Waals surface area contributed by atoms with Gasteiger partial charge in [0.15, 0.2) is 17.6 Å². The second kappa shape index (κ2) is 15.5. The Morgan fingerprint density at radius 2 is 1.04 bits per heavy atom. The first kappa shape index (κ1) is 31.9. The standard InChI is InChI=1S/C43H38O6/c44-38-22-21-35(23-41(38)47-29-33-17-9-3-10-18-33)43-42(48-30-34-19-11-4-12-20-34)26-37-39(46-28-32-15-7-2-8-16-32)24-36(25-40(37)49-43)45-27-31-13-5-1-6-14-31/h1-25,42-44H,26-30H2. The van der Waals surface area contributed by atoms with Gasteiger partial charge in [0.25, 0.3) is 0 Å². The van der Waals surface area contributed by atoms with Crippen LogP contribution >= 0.6 is 0 Å². The summed E-state index contributed by atoms with van der Waals surface area (Å²) in [5, 5.41) is 10.7. The van der Waals surface area contributed by atoms with Crippen LogP contribution in [-0.2, 0) is 37.6 Å². The lowest BCUT2D eigenvalue weighted by Crippen LogP contribution is -2.33. The Bertz CT molecular complexity index is 1930. The van der Waals surface area contributed by atoms with Gasteiger partial charge < -0.3 is 28.8 Å². The molecule has 0 bridgehead atoms. The summed E-state index contributed by atoms with van der Waals surface area (Å²) in [5.41, 5.74) is 5.93. The van der Waals surface area contributed by atoms with Gasteiger partial charge >= 0.3 is 0 Å². The molecule has 0 amide bonds. The highest BCUT2D eigenvalue weighted by Gasteiger charge is 2.35. The SMILES string of the molecule is Oc1ccc(C2Oc3cc(OCc4ccccc4)cc(OCc4ccccc4)c3CC2OCc2ccccc2)cc1OCc1ccccc1. The zero-order valence-corrected chi connectivity index (χ0v) is 27.1. The van der Waals surface area contributed by atoms with E-state index in [2.05, 4.69) is 0 Å². The van der Waals surface area contributed by atoms with E-state index in [1.165, 1.54) is 0 Å². The number of rotatable bonds is 13.